The molecule has 1 aliphatic carbocycles. The fraction of sp³-hybridized carbons (Fsp3) is 0.409. The van der Waals surface area contributed by atoms with E-state index in [1.807, 2.05) is 12.1 Å². The van der Waals surface area contributed by atoms with Crippen molar-refractivity contribution in [1.29, 1.82) is 0 Å². The topological polar surface area (TPSA) is 66.5 Å². The van der Waals surface area contributed by atoms with Gasteiger partial charge in [0.05, 0.1) is 16.9 Å². The van der Waals surface area contributed by atoms with Gasteiger partial charge in [-0.3, -0.25) is 4.79 Å². The lowest BCUT2D eigenvalue weighted by molar-refractivity contribution is -0.127. The average molecular weight is 433 g/mol. The van der Waals surface area contributed by atoms with Crippen LogP contribution in [0.1, 0.15) is 42.9 Å². The van der Waals surface area contributed by atoms with Crippen LogP contribution in [0.4, 0.5) is 0 Å². The van der Waals surface area contributed by atoms with E-state index >= 15 is 0 Å². The van der Waals surface area contributed by atoms with Crippen LogP contribution in [-0.4, -0.2) is 31.7 Å². The summed E-state index contributed by atoms with van der Waals surface area (Å²) in [5.74, 6) is -0.386. The molecule has 2 atom stereocenters. The Balaban J connectivity index is 1.46. The molecular weight excluding hydrogens is 408 g/mol. The number of nitrogens with zero attached hydrogens (tertiary/aromatic N) is 1. The van der Waals surface area contributed by atoms with E-state index in [0.29, 0.717) is 24.4 Å². The minimum Gasteiger partial charge on any atom is -0.349 e. The van der Waals surface area contributed by atoms with Gasteiger partial charge in [-0.25, -0.2) is 8.42 Å². The molecule has 1 heterocycles. The Morgan fingerprint density at radius 2 is 1.79 bits per heavy atom. The molecule has 0 saturated carbocycles. The predicted octanol–water partition coefficient (Wildman–Crippen LogP) is 3.93. The third-order valence-corrected chi connectivity index (χ3v) is 8.02. The van der Waals surface area contributed by atoms with Gasteiger partial charge in [0.25, 0.3) is 0 Å². The Labute approximate surface area is 177 Å². The minimum atomic E-state index is -3.63. The highest BCUT2D eigenvalue weighted by molar-refractivity contribution is 7.89. The Morgan fingerprint density at radius 3 is 2.59 bits per heavy atom. The van der Waals surface area contributed by atoms with Crippen molar-refractivity contribution in [3.63, 3.8) is 0 Å². The monoisotopic (exact) mass is 432 g/mol. The van der Waals surface area contributed by atoms with E-state index < -0.39 is 10.0 Å². The highest BCUT2D eigenvalue weighted by atomic mass is 35.5. The number of rotatable bonds is 4. The van der Waals surface area contributed by atoms with Gasteiger partial charge in [0.2, 0.25) is 15.9 Å². The zero-order chi connectivity index (χ0) is 20.4. The first-order chi connectivity index (χ1) is 13.9. The van der Waals surface area contributed by atoms with Gasteiger partial charge >= 0.3 is 0 Å². The molecule has 4 rings (SSSR count). The van der Waals surface area contributed by atoms with Crippen molar-refractivity contribution in [3.05, 3.63) is 64.7 Å². The van der Waals surface area contributed by atoms with Gasteiger partial charge in [0, 0.05) is 18.1 Å². The fourth-order valence-electron chi connectivity index (χ4n) is 4.32. The maximum absolute atomic E-state index is 13.0. The molecule has 7 heteroatoms. The van der Waals surface area contributed by atoms with E-state index in [1.54, 1.807) is 12.1 Å². The van der Waals surface area contributed by atoms with Gasteiger partial charge in [0.1, 0.15) is 0 Å². The van der Waals surface area contributed by atoms with Gasteiger partial charge in [-0.05, 0) is 67.5 Å². The molecule has 29 heavy (non-hydrogen) atoms. The van der Waals surface area contributed by atoms with Crippen molar-refractivity contribution in [2.24, 2.45) is 5.92 Å². The van der Waals surface area contributed by atoms with Crippen LogP contribution in [0.15, 0.2) is 53.4 Å². The van der Waals surface area contributed by atoms with Crippen molar-refractivity contribution in [3.8, 4) is 0 Å². The maximum Gasteiger partial charge on any atom is 0.243 e. The molecule has 0 bridgehead atoms. The predicted molar refractivity (Wildman–Crippen MR) is 113 cm³/mol. The Hall–Kier alpha value is -1.89. The molecule has 0 spiro atoms. The SMILES string of the molecule is O=C(NC1CCCc2ccccc21)C1CCCN(S(=O)(=O)c2ccc(Cl)cc2)C1. The lowest BCUT2D eigenvalue weighted by atomic mass is 9.87. The number of carbonyl (C=O) groups is 1. The van der Waals surface area contributed by atoms with Crippen molar-refractivity contribution in [2.45, 2.75) is 43.0 Å². The lowest BCUT2D eigenvalue weighted by Gasteiger charge is -2.33. The number of aryl methyl sites for hydroxylation is 1. The fourth-order valence-corrected chi connectivity index (χ4v) is 5.97. The average Bonchev–Trinajstić information content (AvgIpc) is 2.74. The Morgan fingerprint density at radius 1 is 1.03 bits per heavy atom. The standard InChI is InChI=1S/C22H25ClN2O3S/c23-18-10-12-19(13-11-18)29(27,28)25-14-4-7-17(15-25)22(26)24-21-9-3-6-16-5-1-2-8-20(16)21/h1-2,5,8,10-13,17,21H,3-4,6-7,9,14-15H2,(H,24,26). The number of benzene rings is 2. The number of halogens is 1. The Kier molecular flexibility index (Phi) is 5.95. The first-order valence-corrected chi connectivity index (χ1v) is 11.9. The van der Waals surface area contributed by atoms with Crippen LogP contribution >= 0.6 is 11.6 Å². The maximum atomic E-state index is 13.0. The van der Waals surface area contributed by atoms with Crippen LogP contribution in [0.5, 0.6) is 0 Å². The molecule has 1 fully saturated rings. The summed E-state index contributed by atoms with van der Waals surface area (Å²) in [7, 11) is -3.63. The summed E-state index contributed by atoms with van der Waals surface area (Å²) in [5.41, 5.74) is 2.48. The molecule has 1 aliphatic heterocycles. The van der Waals surface area contributed by atoms with Gasteiger partial charge < -0.3 is 5.32 Å². The van der Waals surface area contributed by atoms with Crippen LogP contribution in [0, 0.1) is 5.92 Å². The highest BCUT2D eigenvalue weighted by Crippen LogP contribution is 2.31. The van der Waals surface area contributed by atoms with E-state index in [4.69, 9.17) is 11.6 Å². The number of hydrogen-bond donors (Lipinski definition) is 1. The third-order valence-electron chi connectivity index (χ3n) is 5.89. The number of hydrogen-bond acceptors (Lipinski definition) is 3. The van der Waals surface area contributed by atoms with E-state index in [1.165, 1.54) is 27.6 Å². The molecule has 154 valence electrons. The van der Waals surface area contributed by atoms with Gasteiger partial charge in [-0.2, -0.15) is 4.31 Å². The molecule has 5 nitrogen and oxygen atoms in total. The summed E-state index contributed by atoms with van der Waals surface area (Å²) in [5, 5.41) is 3.68. The minimum absolute atomic E-state index is 0.00991. The zero-order valence-corrected chi connectivity index (χ0v) is 17.8. The summed E-state index contributed by atoms with van der Waals surface area (Å²) in [6, 6.07) is 14.4. The van der Waals surface area contributed by atoms with Gasteiger partial charge in [0.15, 0.2) is 0 Å². The first-order valence-electron chi connectivity index (χ1n) is 10.1. The van der Waals surface area contributed by atoms with Crippen LogP contribution in [-0.2, 0) is 21.2 Å². The molecule has 1 amide bonds. The van der Waals surface area contributed by atoms with Crippen LogP contribution in [0.3, 0.4) is 0 Å². The molecule has 0 aromatic heterocycles. The van der Waals surface area contributed by atoms with Crippen molar-refractivity contribution < 1.29 is 13.2 Å². The van der Waals surface area contributed by atoms with E-state index in [0.717, 1.165) is 19.3 Å². The van der Waals surface area contributed by atoms with Crippen LogP contribution < -0.4 is 5.32 Å². The second kappa shape index (κ2) is 8.46. The van der Waals surface area contributed by atoms with Crippen molar-refractivity contribution in [2.75, 3.05) is 13.1 Å². The molecule has 2 aliphatic rings. The van der Waals surface area contributed by atoms with E-state index in [-0.39, 0.29) is 29.3 Å². The molecule has 1 N–H and O–H groups in total. The molecule has 1 saturated heterocycles. The number of nitrogens with one attached hydrogen (secondary N) is 1. The number of amides is 1. The second-order valence-electron chi connectivity index (χ2n) is 7.81. The number of sulfonamides is 1. The van der Waals surface area contributed by atoms with Gasteiger partial charge in [-0.15, -0.1) is 0 Å². The summed E-state index contributed by atoms with van der Waals surface area (Å²) < 4.78 is 27.4. The molecule has 2 unspecified atom stereocenters. The number of piperidine rings is 1. The summed E-state index contributed by atoms with van der Waals surface area (Å²) in [6.45, 7) is 0.645. The second-order valence-corrected chi connectivity index (χ2v) is 10.2. The lowest BCUT2D eigenvalue weighted by Crippen LogP contribution is -2.46. The quantitative estimate of drug-likeness (QED) is 0.795. The summed E-state index contributed by atoms with van der Waals surface area (Å²) in [4.78, 5) is 13.2. The van der Waals surface area contributed by atoms with E-state index in [2.05, 4.69) is 17.4 Å². The number of carbonyl (C=O) groups excluding carboxylic acids is 1. The van der Waals surface area contributed by atoms with Crippen LogP contribution in [0.25, 0.3) is 0 Å². The molecular formula is C22H25ClN2O3S. The summed E-state index contributed by atoms with van der Waals surface area (Å²) in [6.07, 6.45) is 4.38. The van der Waals surface area contributed by atoms with Crippen molar-refractivity contribution >= 4 is 27.5 Å². The molecule has 0 radical (unpaired) electrons. The third kappa shape index (κ3) is 4.34. The molecule has 2 aromatic rings. The first kappa shape index (κ1) is 20.4. The van der Waals surface area contributed by atoms with E-state index in [9.17, 15) is 13.2 Å². The van der Waals surface area contributed by atoms with Crippen molar-refractivity contribution in [1.82, 2.24) is 9.62 Å². The normalized spacial score (nSPS) is 22.7. The van der Waals surface area contributed by atoms with Gasteiger partial charge in [-0.1, -0.05) is 35.9 Å². The zero-order valence-electron chi connectivity index (χ0n) is 16.2. The number of fused-ring (bicyclic) bond motifs is 1. The van der Waals surface area contributed by atoms with Crippen LogP contribution in [0.2, 0.25) is 5.02 Å². The smallest absolute Gasteiger partial charge is 0.243 e. The summed E-state index contributed by atoms with van der Waals surface area (Å²) >= 11 is 5.88. The Bertz CT molecular complexity index is 991. The highest BCUT2D eigenvalue weighted by Gasteiger charge is 2.34. The molecule has 2 aromatic carbocycles. The largest absolute Gasteiger partial charge is 0.349 e.